The maximum atomic E-state index is 12.4. The molecule has 2 aromatic rings. The molecule has 0 aliphatic heterocycles. The van der Waals surface area contributed by atoms with Gasteiger partial charge in [-0.1, -0.05) is 6.07 Å². The van der Waals surface area contributed by atoms with Crippen LogP contribution in [0, 0.1) is 6.92 Å². The van der Waals surface area contributed by atoms with Gasteiger partial charge in [0.05, 0.1) is 12.8 Å². The van der Waals surface area contributed by atoms with Crippen LogP contribution in [0.2, 0.25) is 0 Å². The molecule has 0 aromatic heterocycles. The van der Waals surface area contributed by atoms with Gasteiger partial charge in [0, 0.05) is 5.56 Å². The first kappa shape index (κ1) is 18.3. The third-order valence-electron chi connectivity index (χ3n) is 3.61. The van der Waals surface area contributed by atoms with E-state index in [1.165, 1.54) is 21.0 Å². The summed E-state index contributed by atoms with van der Waals surface area (Å²) >= 11 is 0. The van der Waals surface area contributed by atoms with Crippen LogP contribution < -0.4 is 14.8 Å². The van der Waals surface area contributed by atoms with Crippen molar-refractivity contribution >= 4 is 17.6 Å². The molecule has 0 atom stereocenters. The van der Waals surface area contributed by atoms with Gasteiger partial charge in [0.1, 0.15) is 11.5 Å². The van der Waals surface area contributed by atoms with Crippen LogP contribution in [0.5, 0.6) is 11.5 Å². The molecule has 0 heterocycles. The van der Waals surface area contributed by atoms with Crippen LogP contribution in [0.25, 0.3) is 0 Å². The lowest BCUT2D eigenvalue weighted by Crippen LogP contribution is -2.37. The van der Waals surface area contributed by atoms with E-state index in [1.54, 1.807) is 30.3 Å². The van der Waals surface area contributed by atoms with Crippen LogP contribution >= 0.6 is 0 Å². The molecule has 2 rings (SSSR count). The number of hydrogen-bond donors (Lipinski definition) is 2. The van der Waals surface area contributed by atoms with Gasteiger partial charge < -0.3 is 19.9 Å². The average Bonchev–Trinajstić information content (AvgIpc) is 2.55. The third-order valence-corrected chi connectivity index (χ3v) is 3.61. The Bertz CT molecular complexity index is 781. The van der Waals surface area contributed by atoms with Crippen molar-refractivity contribution in [2.24, 2.45) is 0 Å². The van der Waals surface area contributed by atoms with E-state index in [0.717, 1.165) is 5.56 Å². The number of nitrogens with one attached hydrogen (secondary N) is 1. The minimum absolute atomic E-state index is 0.298. The number of rotatable bonds is 6. The highest BCUT2D eigenvalue weighted by Crippen LogP contribution is 2.26. The normalized spacial score (nSPS) is 10.9. The molecule has 6 nitrogen and oxygen atoms in total. The summed E-state index contributed by atoms with van der Waals surface area (Å²) in [6, 6.07) is 11.8. The molecule has 0 bridgehead atoms. The molecule has 2 N–H and O–H groups in total. The highest BCUT2D eigenvalue weighted by molar-refractivity contribution is 6.05. The number of benzene rings is 2. The SMILES string of the molecule is COc1ccc(C)cc1NC(=O)c1ccc(OC(C)(C)C(=O)O)cc1. The summed E-state index contributed by atoms with van der Waals surface area (Å²) in [4.78, 5) is 23.5. The number of carbonyl (C=O) groups excluding carboxylic acids is 1. The van der Waals surface area contributed by atoms with Gasteiger partial charge in [-0.2, -0.15) is 0 Å². The van der Waals surface area contributed by atoms with Crippen LogP contribution in [-0.2, 0) is 4.79 Å². The minimum atomic E-state index is -1.35. The highest BCUT2D eigenvalue weighted by atomic mass is 16.5. The number of carboxylic acids is 1. The van der Waals surface area contributed by atoms with Crippen LogP contribution in [0.1, 0.15) is 29.8 Å². The van der Waals surface area contributed by atoms with E-state index in [-0.39, 0.29) is 5.91 Å². The van der Waals surface area contributed by atoms with E-state index in [1.807, 2.05) is 19.1 Å². The fourth-order valence-electron chi connectivity index (χ4n) is 2.13. The summed E-state index contributed by atoms with van der Waals surface area (Å²) in [5.41, 5.74) is 0.651. The predicted molar refractivity (Wildman–Crippen MR) is 94.5 cm³/mol. The lowest BCUT2D eigenvalue weighted by molar-refractivity contribution is -0.152. The Hall–Kier alpha value is -3.02. The molecule has 0 radical (unpaired) electrons. The maximum Gasteiger partial charge on any atom is 0.347 e. The first-order chi connectivity index (χ1) is 11.7. The van der Waals surface area contributed by atoms with Crippen LogP contribution in [0.15, 0.2) is 42.5 Å². The Morgan fingerprint density at radius 1 is 1.08 bits per heavy atom. The second-order valence-corrected chi connectivity index (χ2v) is 6.10. The van der Waals surface area contributed by atoms with Crippen molar-refractivity contribution in [3.63, 3.8) is 0 Å². The fourth-order valence-corrected chi connectivity index (χ4v) is 2.13. The van der Waals surface area contributed by atoms with Gasteiger partial charge in [-0.15, -0.1) is 0 Å². The van der Waals surface area contributed by atoms with Crippen molar-refractivity contribution in [1.29, 1.82) is 0 Å². The number of aryl methyl sites for hydroxylation is 1. The summed E-state index contributed by atoms with van der Waals surface area (Å²) in [7, 11) is 1.54. The van der Waals surface area contributed by atoms with Gasteiger partial charge in [0.25, 0.3) is 5.91 Å². The van der Waals surface area contributed by atoms with Crippen molar-refractivity contribution in [2.45, 2.75) is 26.4 Å². The van der Waals surface area contributed by atoms with Gasteiger partial charge in [0.2, 0.25) is 0 Å². The molecular weight excluding hydrogens is 322 g/mol. The second kappa shape index (κ2) is 7.25. The molecule has 0 aliphatic carbocycles. The van der Waals surface area contributed by atoms with Crippen molar-refractivity contribution in [2.75, 3.05) is 12.4 Å². The molecule has 132 valence electrons. The summed E-state index contributed by atoms with van der Waals surface area (Å²) in [6.07, 6.45) is 0. The van der Waals surface area contributed by atoms with E-state index in [2.05, 4.69) is 5.32 Å². The second-order valence-electron chi connectivity index (χ2n) is 6.10. The lowest BCUT2D eigenvalue weighted by Gasteiger charge is -2.21. The third kappa shape index (κ3) is 4.50. The van der Waals surface area contributed by atoms with E-state index in [0.29, 0.717) is 22.7 Å². The minimum Gasteiger partial charge on any atom is -0.495 e. The standard InChI is InChI=1S/C19H21NO5/c1-12-5-10-16(24-4)15(11-12)20-17(21)13-6-8-14(9-7-13)25-19(2,3)18(22)23/h5-11H,1-4H3,(H,20,21)(H,22,23). The van der Waals surface area contributed by atoms with Crippen LogP contribution in [0.4, 0.5) is 5.69 Å². The topological polar surface area (TPSA) is 84.9 Å². The number of aliphatic carboxylic acids is 1. The van der Waals surface area contributed by atoms with Gasteiger partial charge in [0.15, 0.2) is 5.60 Å². The molecule has 0 saturated heterocycles. The number of ether oxygens (including phenoxy) is 2. The molecular formula is C19H21NO5. The average molecular weight is 343 g/mol. The Morgan fingerprint density at radius 2 is 1.72 bits per heavy atom. The largest absolute Gasteiger partial charge is 0.495 e. The number of methoxy groups -OCH3 is 1. The molecule has 0 aliphatic rings. The number of carbonyl (C=O) groups is 2. The molecule has 6 heteroatoms. The first-order valence-corrected chi connectivity index (χ1v) is 7.71. The predicted octanol–water partition coefficient (Wildman–Crippen LogP) is 3.50. The van der Waals surface area contributed by atoms with Crippen LogP contribution in [-0.4, -0.2) is 29.7 Å². The summed E-state index contributed by atoms with van der Waals surface area (Å²) < 4.78 is 10.7. The van der Waals surface area contributed by atoms with Gasteiger partial charge >= 0.3 is 5.97 Å². The molecule has 25 heavy (non-hydrogen) atoms. The smallest absolute Gasteiger partial charge is 0.347 e. The van der Waals surface area contributed by atoms with Gasteiger partial charge in [-0.3, -0.25) is 4.79 Å². The first-order valence-electron chi connectivity index (χ1n) is 7.71. The molecule has 0 unspecified atom stereocenters. The summed E-state index contributed by atoms with van der Waals surface area (Å²) in [5.74, 6) is -0.423. The molecule has 2 aromatic carbocycles. The maximum absolute atomic E-state index is 12.4. The number of carboxylic acid groups (broad SMARTS) is 1. The van der Waals surface area contributed by atoms with Crippen LogP contribution in [0.3, 0.4) is 0 Å². The zero-order valence-corrected chi connectivity index (χ0v) is 14.6. The van der Waals surface area contributed by atoms with Crippen molar-refractivity contribution < 1.29 is 24.2 Å². The van der Waals surface area contributed by atoms with Crippen molar-refractivity contribution in [3.05, 3.63) is 53.6 Å². The quantitative estimate of drug-likeness (QED) is 0.838. The fraction of sp³-hybridized carbons (Fsp3) is 0.263. The Morgan fingerprint density at radius 3 is 2.28 bits per heavy atom. The molecule has 0 saturated carbocycles. The van der Waals surface area contributed by atoms with Gasteiger partial charge in [-0.25, -0.2) is 4.79 Å². The molecule has 0 spiro atoms. The van der Waals surface area contributed by atoms with E-state index in [4.69, 9.17) is 14.6 Å². The Balaban J connectivity index is 2.13. The van der Waals surface area contributed by atoms with E-state index < -0.39 is 11.6 Å². The zero-order chi connectivity index (χ0) is 18.6. The van der Waals surface area contributed by atoms with E-state index >= 15 is 0 Å². The van der Waals surface area contributed by atoms with Crippen molar-refractivity contribution in [1.82, 2.24) is 0 Å². The Labute approximate surface area is 146 Å². The number of hydrogen-bond acceptors (Lipinski definition) is 4. The summed E-state index contributed by atoms with van der Waals surface area (Å²) in [6.45, 7) is 4.84. The highest BCUT2D eigenvalue weighted by Gasteiger charge is 2.29. The molecule has 0 fully saturated rings. The zero-order valence-electron chi connectivity index (χ0n) is 14.6. The summed E-state index contributed by atoms with van der Waals surface area (Å²) in [5, 5.41) is 11.9. The monoisotopic (exact) mass is 343 g/mol. The Kier molecular flexibility index (Phi) is 5.32. The van der Waals surface area contributed by atoms with E-state index in [9.17, 15) is 9.59 Å². The molecule has 1 amide bonds. The van der Waals surface area contributed by atoms with Gasteiger partial charge in [-0.05, 0) is 62.7 Å². The van der Waals surface area contributed by atoms with Crippen molar-refractivity contribution in [3.8, 4) is 11.5 Å². The number of anilines is 1. The lowest BCUT2D eigenvalue weighted by atomic mass is 10.1. The number of amides is 1.